The van der Waals surface area contributed by atoms with Crippen molar-refractivity contribution in [3.8, 4) is 6.07 Å². The van der Waals surface area contributed by atoms with Crippen molar-refractivity contribution in [1.82, 2.24) is 0 Å². The smallest absolute Gasteiger partial charge is 0.0991 e. The second-order valence-corrected chi connectivity index (χ2v) is 17.2. The molecule has 2 aliphatic rings. The molecule has 0 aliphatic heterocycles. The summed E-state index contributed by atoms with van der Waals surface area (Å²) in [6.45, 7) is 14.1. The first-order valence-corrected chi connectivity index (χ1v) is 19.7. The van der Waals surface area contributed by atoms with Crippen molar-refractivity contribution in [1.29, 1.82) is 5.26 Å². The van der Waals surface area contributed by atoms with Gasteiger partial charge in [0.25, 0.3) is 0 Å². The van der Waals surface area contributed by atoms with Crippen LogP contribution in [0.3, 0.4) is 0 Å². The standard InChI is InChI=1S/C53H47N3/c1-51(2,3)38-25-29-41(30-26-38)55(40-27-23-36(35-54)24-28-40)42-31-32-46-50-45-21-13-12-20-44(45)49(33-47(50)52(4,5)53(46,6)34-42)56(39-17-8-7-9-18-39)48-22-14-16-37-15-10-11-19-43(37)48/h7-33H,34H2,1-6H3. The SMILES string of the molecule is CC(C)(C)c1ccc(N(C2=CC=C3c4c(cc(N(c5ccccc5)c5cccc6ccccc56)c5ccccc45)C(C)(C)C3(C)C2)c2ccc(C#N)cc2)cc1. The fourth-order valence-corrected chi connectivity index (χ4v) is 9.24. The molecule has 0 bridgehead atoms. The number of benzene rings is 7. The Bertz CT molecular complexity index is 2730. The van der Waals surface area contributed by atoms with Crippen molar-refractivity contribution in [2.75, 3.05) is 9.80 Å². The lowest BCUT2D eigenvalue weighted by molar-refractivity contribution is 0.264. The van der Waals surface area contributed by atoms with Crippen molar-refractivity contribution in [3.63, 3.8) is 0 Å². The van der Waals surface area contributed by atoms with Crippen molar-refractivity contribution in [2.24, 2.45) is 5.41 Å². The van der Waals surface area contributed by atoms with Crippen LogP contribution in [0.4, 0.5) is 28.4 Å². The molecular formula is C53H47N3. The number of nitrogens with zero attached hydrogens (tertiary/aromatic N) is 3. The summed E-state index contributed by atoms with van der Waals surface area (Å²) in [6, 6.07) is 57.0. The molecular weight excluding hydrogens is 679 g/mol. The second kappa shape index (κ2) is 13.1. The molecule has 1 atom stereocenters. The molecule has 2 aliphatic carbocycles. The molecule has 0 saturated heterocycles. The Balaban J connectivity index is 1.24. The van der Waals surface area contributed by atoms with Gasteiger partial charge in [0.1, 0.15) is 0 Å². The van der Waals surface area contributed by atoms with Crippen molar-refractivity contribution >= 4 is 55.6 Å². The van der Waals surface area contributed by atoms with Crippen molar-refractivity contribution < 1.29 is 0 Å². The van der Waals surface area contributed by atoms with E-state index in [0.717, 1.165) is 29.2 Å². The first kappa shape index (κ1) is 35.3. The molecule has 0 fully saturated rings. The van der Waals surface area contributed by atoms with Crippen LogP contribution < -0.4 is 9.80 Å². The van der Waals surface area contributed by atoms with Gasteiger partial charge in [-0.1, -0.05) is 139 Å². The summed E-state index contributed by atoms with van der Waals surface area (Å²) in [5, 5.41) is 14.6. The Morgan fingerprint density at radius 2 is 1.16 bits per heavy atom. The summed E-state index contributed by atoms with van der Waals surface area (Å²) < 4.78 is 0. The molecule has 274 valence electrons. The predicted molar refractivity (Wildman–Crippen MR) is 236 cm³/mol. The monoisotopic (exact) mass is 725 g/mol. The number of fused-ring (bicyclic) bond motifs is 6. The van der Waals surface area contributed by atoms with Gasteiger partial charge in [0.15, 0.2) is 0 Å². The van der Waals surface area contributed by atoms with Gasteiger partial charge in [-0.2, -0.15) is 5.26 Å². The first-order chi connectivity index (χ1) is 27.0. The third-order valence-corrected chi connectivity index (χ3v) is 12.7. The average molecular weight is 726 g/mol. The van der Waals surface area contributed by atoms with E-state index in [-0.39, 0.29) is 16.2 Å². The van der Waals surface area contributed by atoms with E-state index in [1.807, 2.05) is 12.1 Å². The van der Waals surface area contributed by atoms with E-state index in [1.165, 1.54) is 55.2 Å². The van der Waals surface area contributed by atoms with Crippen LogP contribution in [0.5, 0.6) is 0 Å². The van der Waals surface area contributed by atoms with Crippen LogP contribution in [-0.4, -0.2) is 0 Å². The molecule has 0 radical (unpaired) electrons. The quantitative estimate of drug-likeness (QED) is 0.171. The number of nitriles is 1. The average Bonchev–Trinajstić information content (AvgIpc) is 3.39. The van der Waals surface area contributed by atoms with E-state index >= 15 is 0 Å². The fourth-order valence-electron chi connectivity index (χ4n) is 9.24. The summed E-state index contributed by atoms with van der Waals surface area (Å²) in [7, 11) is 0. The van der Waals surface area contributed by atoms with E-state index in [1.54, 1.807) is 0 Å². The molecule has 3 heteroatoms. The molecule has 3 nitrogen and oxygen atoms in total. The van der Waals surface area contributed by atoms with E-state index < -0.39 is 0 Å². The largest absolute Gasteiger partial charge is 0.314 e. The van der Waals surface area contributed by atoms with E-state index in [0.29, 0.717) is 5.56 Å². The Morgan fingerprint density at radius 1 is 0.571 bits per heavy atom. The second-order valence-electron chi connectivity index (χ2n) is 17.2. The molecule has 7 aromatic rings. The number of para-hydroxylation sites is 1. The normalized spacial score (nSPS) is 17.1. The molecule has 0 aromatic heterocycles. The molecule has 9 rings (SSSR count). The van der Waals surface area contributed by atoms with Gasteiger partial charge in [-0.25, -0.2) is 0 Å². The highest BCUT2D eigenvalue weighted by atomic mass is 15.2. The van der Waals surface area contributed by atoms with Crippen molar-refractivity contribution in [2.45, 2.75) is 58.8 Å². The maximum atomic E-state index is 9.64. The first-order valence-electron chi connectivity index (χ1n) is 19.7. The predicted octanol–water partition coefficient (Wildman–Crippen LogP) is 14.4. The Morgan fingerprint density at radius 3 is 1.84 bits per heavy atom. The molecule has 56 heavy (non-hydrogen) atoms. The van der Waals surface area contributed by atoms with Gasteiger partial charge >= 0.3 is 0 Å². The van der Waals surface area contributed by atoms with E-state index in [4.69, 9.17) is 0 Å². The zero-order valence-corrected chi connectivity index (χ0v) is 33.1. The van der Waals surface area contributed by atoms with Gasteiger partial charge in [-0.3, -0.25) is 0 Å². The Kier molecular flexibility index (Phi) is 8.29. The number of anilines is 5. The fraction of sp³-hybridized carbons (Fsp3) is 0.189. The molecule has 1 unspecified atom stereocenters. The maximum absolute atomic E-state index is 9.64. The molecule has 0 spiro atoms. The highest BCUT2D eigenvalue weighted by molar-refractivity contribution is 6.10. The zero-order chi connectivity index (χ0) is 38.8. The van der Waals surface area contributed by atoms with Crippen LogP contribution in [-0.2, 0) is 10.8 Å². The minimum absolute atomic E-state index is 0.0536. The van der Waals surface area contributed by atoms with Gasteiger partial charge in [-0.15, -0.1) is 0 Å². The Labute approximate surface area is 331 Å². The van der Waals surface area contributed by atoms with E-state index in [2.05, 4.69) is 209 Å². The summed E-state index contributed by atoms with van der Waals surface area (Å²) in [6.07, 6.45) is 5.59. The van der Waals surface area contributed by atoms with Gasteiger partial charge in [0, 0.05) is 44.4 Å². The topological polar surface area (TPSA) is 30.3 Å². The number of hydrogen-bond donors (Lipinski definition) is 0. The summed E-state index contributed by atoms with van der Waals surface area (Å²) in [4.78, 5) is 4.86. The van der Waals surface area contributed by atoms with Crippen LogP contribution in [0.1, 0.15) is 70.2 Å². The van der Waals surface area contributed by atoms with Gasteiger partial charge in [-0.05, 0) is 112 Å². The van der Waals surface area contributed by atoms with Gasteiger partial charge in [0.05, 0.1) is 23.0 Å². The summed E-state index contributed by atoms with van der Waals surface area (Å²) >= 11 is 0. The lowest BCUT2D eigenvalue weighted by Gasteiger charge is -2.44. The Hall–Kier alpha value is -6.37. The lowest BCUT2D eigenvalue weighted by atomic mass is 9.62. The number of rotatable bonds is 6. The van der Waals surface area contributed by atoms with Crippen LogP contribution in [0.2, 0.25) is 0 Å². The molecule has 0 N–H and O–H groups in total. The third kappa shape index (κ3) is 5.55. The number of hydrogen-bond acceptors (Lipinski definition) is 3. The molecule has 7 aromatic carbocycles. The van der Waals surface area contributed by atoms with E-state index in [9.17, 15) is 5.26 Å². The van der Waals surface area contributed by atoms with Gasteiger partial charge < -0.3 is 9.80 Å². The minimum atomic E-state index is -0.222. The van der Waals surface area contributed by atoms with Crippen molar-refractivity contribution in [3.05, 3.63) is 192 Å². The summed E-state index contributed by atoms with van der Waals surface area (Å²) in [5.41, 5.74) is 12.6. The van der Waals surface area contributed by atoms with Crippen LogP contribution in [0.15, 0.2) is 170 Å². The molecule has 0 heterocycles. The highest BCUT2D eigenvalue weighted by Crippen LogP contribution is 2.65. The lowest BCUT2D eigenvalue weighted by Crippen LogP contribution is -2.38. The van der Waals surface area contributed by atoms with Gasteiger partial charge in [0.2, 0.25) is 0 Å². The third-order valence-electron chi connectivity index (χ3n) is 12.7. The number of allylic oxidation sites excluding steroid dienone is 4. The highest BCUT2D eigenvalue weighted by Gasteiger charge is 2.54. The van der Waals surface area contributed by atoms with Crippen LogP contribution in [0.25, 0.3) is 27.1 Å². The molecule has 0 amide bonds. The molecule has 0 saturated carbocycles. The summed E-state index contributed by atoms with van der Waals surface area (Å²) in [5.74, 6) is 0. The van der Waals surface area contributed by atoms with Crippen LogP contribution >= 0.6 is 0 Å². The zero-order valence-electron chi connectivity index (χ0n) is 33.1. The maximum Gasteiger partial charge on any atom is 0.0991 e. The minimum Gasteiger partial charge on any atom is -0.314 e. The van der Waals surface area contributed by atoms with Crippen LogP contribution in [0, 0.1) is 16.7 Å².